The highest BCUT2D eigenvalue weighted by Gasteiger charge is 2.31. The summed E-state index contributed by atoms with van der Waals surface area (Å²) in [5.41, 5.74) is 2.65. The summed E-state index contributed by atoms with van der Waals surface area (Å²) in [7, 11) is 0. The van der Waals surface area contributed by atoms with Crippen LogP contribution < -0.4 is 4.74 Å². The van der Waals surface area contributed by atoms with Crippen LogP contribution >= 0.6 is 0 Å². The summed E-state index contributed by atoms with van der Waals surface area (Å²) in [6.45, 7) is 7.24. The predicted octanol–water partition coefficient (Wildman–Crippen LogP) is 4.74. The molecule has 2 atom stereocenters. The zero-order valence-corrected chi connectivity index (χ0v) is 18.9. The zero-order valence-electron chi connectivity index (χ0n) is 18.9. The molecule has 6 nitrogen and oxygen atoms in total. The molecule has 0 bridgehead atoms. The number of halogens is 1. The van der Waals surface area contributed by atoms with Gasteiger partial charge in [-0.3, -0.25) is 4.90 Å². The van der Waals surface area contributed by atoms with Crippen molar-refractivity contribution in [2.75, 3.05) is 19.6 Å². The molecule has 33 heavy (non-hydrogen) atoms. The summed E-state index contributed by atoms with van der Waals surface area (Å²) in [4.78, 5) is 21.6. The third-order valence-electron chi connectivity index (χ3n) is 5.09. The highest BCUT2D eigenvalue weighted by Crippen LogP contribution is 2.31. The van der Waals surface area contributed by atoms with Gasteiger partial charge in [0.05, 0.1) is 0 Å². The second-order valence-electron chi connectivity index (χ2n) is 7.97. The van der Waals surface area contributed by atoms with Gasteiger partial charge in [-0.2, -0.15) is 0 Å². The molecular weight excluding hydrogens is 425 g/mol. The molecule has 1 aliphatic rings. The molecule has 7 heteroatoms. The van der Waals surface area contributed by atoms with Gasteiger partial charge in [0.2, 0.25) is 0 Å². The largest absolute Gasteiger partial charge is 0.490 e. The van der Waals surface area contributed by atoms with Crippen LogP contribution in [0, 0.1) is 5.82 Å². The number of rotatable bonds is 7. The van der Waals surface area contributed by atoms with Crippen molar-refractivity contribution in [2.24, 2.45) is 0 Å². The van der Waals surface area contributed by atoms with Gasteiger partial charge in [-0.05, 0) is 50.1 Å². The lowest BCUT2D eigenvalue weighted by molar-refractivity contribution is -0.134. The number of carbonyl (C=O) groups is 2. The van der Waals surface area contributed by atoms with E-state index in [2.05, 4.69) is 49.1 Å². The van der Waals surface area contributed by atoms with Crippen LogP contribution in [0.5, 0.6) is 5.75 Å². The number of hydrogen-bond acceptors (Lipinski definition) is 4. The van der Waals surface area contributed by atoms with E-state index < -0.39 is 11.9 Å². The van der Waals surface area contributed by atoms with Gasteiger partial charge in [-0.25, -0.2) is 14.0 Å². The number of nitrogens with zero attached hydrogens (tertiary/aromatic N) is 1. The topological polar surface area (TPSA) is 87.1 Å². The van der Waals surface area contributed by atoms with E-state index in [0.29, 0.717) is 18.1 Å². The summed E-state index contributed by atoms with van der Waals surface area (Å²) < 4.78 is 19.4. The first-order valence-corrected chi connectivity index (χ1v) is 10.7. The molecule has 3 rings (SSSR count). The Hall–Kier alpha value is -3.45. The number of aliphatic carboxylic acids is 2. The van der Waals surface area contributed by atoms with Crippen LogP contribution in [0.3, 0.4) is 0 Å². The summed E-state index contributed by atoms with van der Waals surface area (Å²) in [5.74, 6) is -1.70. The van der Waals surface area contributed by atoms with Gasteiger partial charge in [0.15, 0.2) is 0 Å². The Bertz CT molecular complexity index is 936. The van der Waals surface area contributed by atoms with Gasteiger partial charge in [-0.15, -0.1) is 0 Å². The Labute approximate surface area is 193 Å². The quantitative estimate of drug-likeness (QED) is 0.463. The maximum absolute atomic E-state index is 13.1. The summed E-state index contributed by atoms with van der Waals surface area (Å²) in [6, 6.07) is 16.9. The Balaban J connectivity index is 0.000000414. The summed E-state index contributed by atoms with van der Waals surface area (Å²) in [5, 5.41) is 15.6. The Kier molecular flexibility index (Phi) is 10.3. The minimum absolute atomic E-state index is 0.107. The van der Waals surface area contributed by atoms with E-state index in [0.717, 1.165) is 31.8 Å². The van der Waals surface area contributed by atoms with Gasteiger partial charge in [0.1, 0.15) is 17.7 Å². The second-order valence-corrected chi connectivity index (χ2v) is 7.97. The van der Waals surface area contributed by atoms with E-state index >= 15 is 0 Å². The number of piperidine rings is 1. The maximum Gasteiger partial charge on any atom is 0.328 e. The molecule has 0 aromatic heterocycles. The van der Waals surface area contributed by atoms with Crippen LogP contribution in [0.1, 0.15) is 31.7 Å². The van der Waals surface area contributed by atoms with Gasteiger partial charge < -0.3 is 14.9 Å². The summed E-state index contributed by atoms with van der Waals surface area (Å²) in [6.07, 6.45) is 4.47. The molecule has 1 saturated heterocycles. The van der Waals surface area contributed by atoms with Crippen molar-refractivity contribution < 1.29 is 28.9 Å². The molecule has 0 unspecified atom stereocenters. The van der Waals surface area contributed by atoms with E-state index in [4.69, 9.17) is 14.9 Å². The fourth-order valence-electron chi connectivity index (χ4n) is 3.47. The molecule has 0 radical (unpaired) electrons. The van der Waals surface area contributed by atoms with Crippen LogP contribution in [0.15, 0.2) is 78.4 Å². The Morgan fingerprint density at radius 1 is 1.03 bits per heavy atom. The molecular formula is C26H30FNO5. The van der Waals surface area contributed by atoms with Crippen molar-refractivity contribution in [1.29, 1.82) is 0 Å². The van der Waals surface area contributed by atoms with E-state index in [1.54, 1.807) is 12.1 Å². The normalized spacial score (nSPS) is 18.2. The Morgan fingerprint density at radius 2 is 1.64 bits per heavy atom. The van der Waals surface area contributed by atoms with Crippen molar-refractivity contribution in [3.05, 3.63) is 89.8 Å². The van der Waals surface area contributed by atoms with Crippen molar-refractivity contribution in [3.8, 4) is 5.75 Å². The maximum atomic E-state index is 13.1. The molecule has 0 aliphatic carbocycles. The first-order chi connectivity index (χ1) is 15.7. The van der Waals surface area contributed by atoms with Crippen molar-refractivity contribution in [1.82, 2.24) is 4.90 Å². The molecule has 2 aromatic rings. The molecule has 2 N–H and O–H groups in total. The van der Waals surface area contributed by atoms with Gasteiger partial charge in [0, 0.05) is 37.7 Å². The lowest BCUT2D eigenvalue weighted by Crippen LogP contribution is -2.44. The molecule has 176 valence electrons. The molecule has 1 aliphatic heterocycles. The molecule has 1 fully saturated rings. The van der Waals surface area contributed by atoms with E-state index in [9.17, 15) is 14.0 Å². The predicted molar refractivity (Wildman–Crippen MR) is 125 cm³/mol. The fraction of sp³-hybridized carbons (Fsp3) is 0.308. The number of allylic oxidation sites excluding steroid dienone is 1. The van der Waals surface area contributed by atoms with Gasteiger partial charge in [-0.1, -0.05) is 42.0 Å². The van der Waals surface area contributed by atoms with Crippen LogP contribution in [0.25, 0.3) is 0 Å². The van der Waals surface area contributed by atoms with E-state index in [1.165, 1.54) is 23.3 Å². The van der Waals surface area contributed by atoms with Gasteiger partial charge >= 0.3 is 11.9 Å². The summed E-state index contributed by atoms with van der Waals surface area (Å²) >= 11 is 0. The minimum atomic E-state index is -1.26. The first-order valence-electron chi connectivity index (χ1n) is 10.7. The number of ether oxygens (including phenoxy) is 1. The van der Waals surface area contributed by atoms with Crippen molar-refractivity contribution >= 4 is 11.9 Å². The number of benzene rings is 2. The molecule has 0 spiro atoms. The SMILES string of the molecule is CC(C)=CCN1CC[C@@H](Oc2ccc(F)cc2)[C@H](c2ccccc2)C1.O=C(O)C=CC(=O)O. The van der Waals surface area contributed by atoms with Crippen molar-refractivity contribution in [2.45, 2.75) is 32.3 Å². The average molecular weight is 456 g/mol. The van der Waals surface area contributed by atoms with Gasteiger partial charge in [0.25, 0.3) is 0 Å². The smallest absolute Gasteiger partial charge is 0.328 e. The molecule has 0 amide bonds. The number of carboxylic acid groups (broad SMARTS) is 2. The van der Waals surface area contributed by atoms with E-state index in [1.807, 2.05) is 6.07 Å². The third kappa shape index (κ3) is 9.70. The number of carboxylic acids is 2. The Morgan fingerprint density at radius 3 is 2.18 bits per heavy atom. The number of hydrogen-bond donors (Lipinski definition) is 2. The molecule has 0 saturated carbocycles. The zero-order chi connectivity index (χ0) is 24.2. The molecule has 1 heterocycles. The average Bonchev–Trinajstić information content (AvgIpc) is 2.79. The number of likely N-dealkylation sites (tertiary alicyclic amines) is 1. The fourth-order valence-corrected chi connectivity index (χ4v) is 3.47. The van der Waals surface area contributed by atoms with Crippen LogP contribution in [-0.4, -0.2) is 52.8 Å². The van der Waals surface area contributed by atoms with E-state index in [-0.39, 0.29) is 11.9 Å². The second kappa shape index (κ2) is 13.2. The standard InChI is InChI=1S/C22H26FNO.C4H4O4/c1-17(2)12-14-24-15-13-22(25-20-10-8-19(23)9-11-20)21(16-24)18-6-4-3-5-7-18;5-3(6)1-2-4(7)8/h3-12,21-22H,13-16H2,1-2H3;1-2H,(H,5,6)(H,7,8)/t21-,22+;/m0./s1. The van der Waals surface area contributed by atoms with Crippen LogP contribution in [-0.2, 0) is 9.59 Å². The highest BCUT2D eigenvalue weighted by molar-refractivity contribution is 5.89. The lowest BCUT2D eigenvalue weighted by Gasteiger charge is -2.38. The minimum Gasteiger partial charge on any atom is -0.490 e. The van der Waals surface area contributed by atoms with Crippen LogP contribution in [0.4, 0.5) is 4.39 Å². The third-order valence-corrected chi connectivity index (χ3v) is 5.09. The van der Waals surface area contributed by atoms with Crippen molar-refractivity contribution in [3.63, 3.8) is 0 Å². The molecule has 2 aromatic carbocycles. The lowest BCUT2D eigenvalue weighted by atomic mass is 9.87. The monoisotopic (exact) mass is 455 g/mol. The first kappa shape index (κ1) is 25.8. The van der Waals surface area contributed by atoms with Crippen LogP contribution in [0.2, 0.25) is 0 Å². The highest BCUT2D eigenvalue weighted by atomic mass is 19.1.